The van der Waals surface area contributed by atoms with Crippen LogP contribution in [0.1, 0.15) is 47.2 Å². The van der Waals surface area contributed by atoms with E-state index in [0.717, 1.165) is 43.4 Å². The molecule has 118 valence electrons. The summed E-state index contributed by atoms with van der Waals surface area (Å²) in [5.41, 5.74) is 2.39. The number of rotatable bonds is 4. The minimum atomic E-state index is -0.926. The molecule has 1 aromatic carbocycles. The summed E-state index contributed by atoms with van der Waals surface area (Å²) in [6.45, 7) is 2.04. The zero-order valence-corrected chi connectivity index (χ0v) is 12.6. The van der Waals surface area contributed by atoms with E-state index in [0.29, 0.717) is 19.5 Å². The fourth-order valence-electron chi connectivity index (χ4n) is 3.22. The van der Waals surface area contributed by atoms with Gasteiger partial charge in [0.25, 0.3) is 0 Å². The van der Waals surface area contributed by atoms with Crippen LogP contribution in [0.3, 0.4) is 0 Å². The van der Waals surface area contributed by atoms with Crippen molar-refractivity contribution < 1.29 is 19.4 Å². The lowest BCUT2D eigenvalue weighted by atomic mass is 9.97. The third kappa shape index (κ3) is 3.30. The number of nitrogens with zero attached hydrogens (tertiary/aromatic N) is 1. The van der Waals surface area contributed by atoms with Crippen molar-refractivity contribution in [2.45, 2.75) is 44.8 Å². The Morgan fingerprint density at radius 2 is 2.18 bits per heavy atom. The Morgan fingerprint density at radius 1 is 1.32 bits per heavy atom. The lowest BCUT2D eigenvalue weighted by Crippen LogP contribution is -2.36. The van der Waals surface area contributed by atoms with Crippen LogP contribution < -0.4 is 0 Å². The quantitative estimate of drug-likeness (QED) is 0.926. The highest BCUT2D eigenvalue weighted by Crippen LogP contribution is 2.23. The number of benzene rings is 1. The first kappa shape index (κ1) is 15.0. The van der Waals surface area contributed by atoms with Gasteiger partial charge < -0.3 is 14.7 Å². The van der Waals surface area contributed by atoms with Gasteiger partial charge in [-0.3, -0.25) is 4.79 Å². The molecule has 0 saturated carbocycles. The van der Waals surface area contributed by atoms with E-state index in [-0.39, 0.29) is 17.6 Å². The highest BCUT2D eigenvalue weighted by Gasteiger charge is 2.23. The van der Waals surface area contributed by atoms with E-state index >= 15 is 0 Å². The average molecular weight is 303 g/mol. The molecule has 1 fully saturated rings. The van der Waals surface area contributed by atoms with Gasteiger partial charge in [0.1, 0.15) is 0 Å². The van der Waals surface area contributed by atoms with Gasteiger partial charge in [0, 0.05) is 26.1 Å². The molecule has 1 unspecified atom stereocenters. The molecule has 1 N–H and O–H groups in total. The zero-order chi connectivity index (χ0) is 15.5. The van der Waals surface area contributed by atoms with Gasteiger partial charge >= 0.3 is 5.97 Å². The molecule has 22 heavy (non-hydrogen) atoms. The molecule has 2 heterocycles. The largest absolute Gasteiger partial charge is 0.478 e. The van der Waals surface area contributed by atoms with Crippen molar-refractivity contribution >= 4 is 11.9 Å². The number of carbonyl (C=O) groups excluding carboxylic acids is 1. The summed E-state index contributed by atoms with van der Waals surface area (Å²) >= 11 is 0. The number of fused-ring (bicyclic) bond motifs is 1. The Hall–Kier alpha value is -1.88. The van der Waals surface area contributed by atoms with Crippen LogP contribution >= 0.6 is 0 Å². The molecule has 0 spiro atoms. The van der Waals surface area contributed by atoms with Crippen LogP contribution in [0, 0.1) is 0 Å². The standard InChI is InChI=1S/C17H21NO4/c19-16(6-5-15-2-1-9-22-15)18-8-7-12-3-4-13(17(20)21)10-14(12)11-18/h3-4,10,15H,1-2,5-9,11H2,(H,20,21). The van der Waals surface area contributed by atoms with Crippen molar-refractivity contribution in [1.82, 2.24) is 4.90 Å². The molecule has 0 radical (unpaired) electrons. The first-order valence-electron chi connectivity index (χ1n) is 7.88. The molecule has 2 aliphatic heterocycles. The lowest BCUT2D eigenvalue weighted by molar-refractivity contribution is -0.132. The second kappa shape index (κ2) is 6.48. The van der Waals surface area contributed by atoms with Gasteiger partial charge in [-0.05, 0) is 48.9 Å². The summed E-state index contributed by atoms with van der Waals surface area (Å²) < 4.78 is 5.55. The van der Waals surface area contributed by atoms with Crippen molar-refractivity contribution in [3.63, 3.8) is 0 Å². The number of carbonyl (C=O) groups is 2. The minimum absolute atomic E-state index is 0.141. The van der Waals surface area contributed by atoms with E-state index in [9.17, 15) is 9.59 Å². The Bertz CT molecular complexity index is 578. The van der Waals surface area contributed by atoms with E-state index in [1.165, 1.54) is 0 Å². The van der Waals surface area contributed by atoms with Crippen LogP contribution in [0.25, 0.3) is 0 Å². The van der Waals surface area contributed by atoms with Crippen LogP contribution in [0.5, 0.6) is 0 Å². The number of aromatic carboxylic acids is 1. The summed E-state index contributed by atoms with van der Waals surface area (Å²) in [5, 5.41) is 9.07. The third-order valence-corrected chi connectivity index (χ3v) is 4.52. The van der Waals surface area contributed by atoms with Crippen molar-refractivity contribution in [2.75, 3.05) is 13.2 Å². The Morgan fingerprint density at radius 3 is 2.91 bits per heavy atom. The number of ether oxygens (including phenoxy) is 1. The average Bonchev–Trinajstić information content (AvgIpc) is 3.04. The molecule has 1 aromatic rings. The molecule has 0 bridgehead atoms. The number of carboxylic acid groups (broad SMARTS) is 1. The van der Waals surface area contributed by atoms with Crippen LogP contribution in [0.15, 0.2) is 18.2 Å². The summed E-state index contributed by atoms with van der Waals surface area (Å²) in [4.78, 5) is 25.2. The molecular formula is C17H21NO4. The highest BCUT2D eigenvalue weighted by atomic mass is 16.5. The van der Waals surface area contributed by atoms with E-state index in [1.807, 2.05) is 11.0 Å². The van der Waals surface area contributed by atoms with Crippen molar-refractivity contribution in [3.8, 4) is 0 Å². The molecule has 0 aromatic heterocycles. The maximum Gasteiger partial charge on any atom is 0.335 e. The van der Waals surface area contributed by atoms with E-state index < -0.39 is 5.97 Å². The van der Waals surface area contributed by atoms with Crippen molar-refractivity contribution in [1.29, 1.82) is 0 Å². The molecule has 2 aliphatic rings. The van der Waals surface area contributed by atoms with Crippen molar-refractivity contribution in [2.24, 2.45) is 0 Å². The molecule has 5 nitrogen and oxygen atoms in total. The summed E-state index contributed by atoms with van der Waals surface area (Å²) in [6.07, 6.45) is 4.47. The Labute approximate surface area is 129 Å². The number of hydrogen-bond acceptors (Lipinski definition) is 3. The minimum Gasteiger partial charge on any atom is -0.478 e. The van der Waals surface area contributed by atoms with Crippen LogP contribution in [-0.2, 0) is 22.5 Å². The predicted octanol–water partition coefficient (Wildman–Crippen LogP) is 2.23. The van der Waals surface area contributed by atoms with Gasteiger partial charge in [0.2, 0.25) is 5.91 Å². The SMILES string of the molecule is O=C(O)c1ccc2c(c1)CN(C(=O)CCC1CCCO1)CC2. The molecule has 0 aliphatic carbocycles. The van der Waals surface area contributed by atoms with Gasteiger partial charge in [-0.1, -0.05) is 6.07 Å². The first-order valence-corrected chi connectivity index (χ1v) is 7.88. The molecule has 3 rings (SSSR count). The van der Waals surface area contributed by atoms with Gasteiger partial charge in [-0.25, -0.2) is 4.79 Å². The van der Waals surface area contributed by atoms with E-state index in [4.69, 9.17) is 9.84 Å². The van der Waals surface area contributed by atoms with Gasteiger partial charge in [-0.15, -0.1) is 0 Å². The zero-order valence-electron chi connectivity index (χ0n) is 12.6. The number of amides is 1. The maximum absolute atomic E-state index is 12.3. The van der Waals surface area contributed by atoms with Gasteiger partial charge in [-0.2, -0.15) is 0 Å². The van der Waals surface area contributed by atoms with Crippen LogP contribution in [-0.4, -0.2) is 41.1 Å². The van der Waals surface area contributed by atoms with Gasteiger partial charge in [0.05, 0.1) is 11.7 Å². The van der Waals surface area contributed by atoms with Crippen LogP contribution in [0.2, 0.25) is 0 Å². The lowest BCUT2D eigenvalue weighted by Gasteiger charge is -2.29. The normalized spacial score (nSPS) is 20.7. The number of hydrogen-bond donors (Lipinski definition) is 1. The highest BCUT2D eigenvalue weighted by molar-refractivity contribution is 5.88. The monoisotopic (exact) mass is 303 g/mol. The van der Waals surface area contributed by atoms with Gasteiger partial charge in [0.15, 0.2) is 0 Å². The fraction of sp³-hybridized carbons (Fsp3) is 0.529. The summed E-state index contributed by atoms with van der Waals surface area (Å²) in [5.74, 6) is -0.786. The molecule has 1 atom stereocenters. The van der Waals surface area contributed by atoms with Crippen LogP contribution in [0.4, 0.5) is 0 Å². The second-order valence-corrected chi connectivity index (χ2v) is 6.03. The van der Waals surface area contributed by atoms with Crippen molar-refractivity contribution in [3.05, 3.63) is 34.9 Å². The third-order valence-electron chi connectivity index (χ3n) is 4.52. The van der Waals surface area contributed by atoms with E-state index in [1.54, 1.807) is 12.1 Å². The fourth-order valence-corrected chi connectivity index (χ4v) is 3.22. The second-order valence-electron chi connectivity index (χ2n) is 6.03. The predicted molar refractivity (Wildman–Crippen MR) is 80.7 cm³/mol. The molecular weight excluding hydrogens is 282 g/mol. The van der Waals surface area contributed by atoms with E-state index in [2.05, 4.69) is 0 Å². The first-order chi connectivity index (χ1) is 10.6. The smallest absolute Gasteiger partial charge is 0.335 e. The Kier molecular flexibility index (Phi) is 4.43. The summed E-state index contributed by atoms with van der Waals surface area (Å²) in [7, 11) is 0. The number of carboxylic acids is 1. The Balaban J connectivity index is 1.61. The molecule has 5 heteroatoms. The summed E-state index contributed by atoms with van der Waals surface area (Å²) in [6, 6.07) is 5.19. The molecule has 1 amide bonds. The molecule has 1 saturated heterocycles. The maximum atomic E-state index is 12.3. The topological polar surface area (TPSA) is 66.8 Å².